The van der Waals surface area contributed by atoms with Crippen molar-refractivity contribution in [3.05, 3.63) is 0 Å². The lowest BCUT2D eigenvalue weighted by Gasteiger charge is -2.33. The lowest BCUT2D eigenvalue weighted by Crippen LogP contribution is -2.53. The van der Waals surface area contributed by atoms with Gasteiger partial charge in [0.25, 0.3) is 0 Å². The third kappa shape index (κ3) is 4.67. The van der Waals surface area contributed by atoms with Crippen LogP contribution in [0.25, 0.3) is 0 Å². The van der Waals surface area contributed by atoms with Gasteiger partial charge in [0.15, 0.2) is 0 Å². The van der Waals surface area contributed by atoms with Crippen LogP contribution >= 0.6 is 0 Å². The number of halogens is 3. The molecule has 1 amide bonds. The molecule has 2 N–H and O–H groups in total. The lowest BCUT2D eigenvalue weighted by atomic mass is 9.98. The van der Waals surface area contributed by atoms with E-state index in [-0.39, 0.29) is 17.9 Å². The predicted molar refractivity (Wildman–Crippen MR) is 67.4 cm³/mol. The average molecular weight is 280 g/mol. The van der Waals surface area contributed by atoms with Gasteiger partial charge in [0.05, 0.1) is 6.04 Å². The van der Waals surface area contributed by atoms with E-state index in [2.05, 4.69) is 0 Å². The van der Waals surface area contributed by atoms with Crippen LogP contribution < -0.4 is 5.73 Å². The number of rotatable bonds is 6. The third-order valence-corrected chi connectivity index (χ3v) is 3.97. The van der Waals surface area contributed by atoms with E-state index in [0.717, 1.165) is 17.7 Å². The van der Waals surface area contributed by atoms with Crippen LogP contribution in [0, 0.1) is 11.8 Å². The zero-order valence-corrected chi connectivity index (χ0v) is 11.7. The molecule has 1 saturated carbocycles. The molecule has 2 unspecified atom stereocenters. The van der Waals surface area contributed by atoms with Crippen LogP contribution in [0.4, 0.5) is 13.2 Å². The Morgan fingerprint density at radius 3 is 2.26 bits per heavy atom. The first kappa shape index (κ1) is 16.3. The van der Waals surface area contributed by atoms with Gasteiger partial charge in [-0.05, 0) is 31.6 Å². The summed E-state index contributed by atoms with van der Waals surface area (Å²) < 4.78 is 37.9. The smallest absolute Gasteiger partial charge is 0.329 e. The largest absolute Gasteiger partial charge is 0.406 e. The molecule has 1 rings (SSSR count). The molecule has 19 heavy (non-hydrogen) atoms. The van der Waals surface area contributed by atoms with Crippen molar-refractivity contribution < 1.29 is 18.0 Å². The standard InChI is InChI=1S/C13H23F3N2O/c1-4-8(2)11(17)12(19)18(7-13(14,15)16)9(3)10-5-6-10/h8-11H,4-7,17H2,1-3H3/t8?,9?,11-/m0/s1. The Morgan fingerprint density at radius 2 is 1.89 bits per heavy atom. The summed E-state index contributed by atoms with van der Waals surface area (Å²) >= 11 is 0. The van der Waals surface area contributed by atoms with Crippen LogP contribution in [0.3, 0.4) is 0 Å². The Bertz CT molecular complexity index is 316. The van der Waals surface area contributed by atoms with Crippen LogP contribution in [0.2, 0.25) is 0 Å². The molecule has 0 aromatic rings. The van der Waals surface area contributed by atoms with Crippen LogP contribution in [0.15, 0.2) is 0 Å². The van der Waals surface area contributed by atoms with Crippen molar-refractivity contribution in [1.82, 2.24) is 4.90 Å². The molecule has 0 aromatic heterocycles. The normalized spacial score (nSPS) is 20.8. The predicted octanol–water partition coefficient (Wildman–Crippen LogP) is 2.55. The fraction of sp³-hybridized carbons (Fsp3) is 0.923. The van der Waals surface area contributed by atoms with Crippen molar-refractivity contribution in [2.75, 3.05) is 6.54 Å². The van der Waals surface area contributed by atoms with E-state index in [1.165, 1.54) is 0 Å². The summed E-state index contributed by atoms with van der Waals surface area (Å²) in [7, 11) is 0. The minimum absolute atomic E-state index is 0.116. The van der Waals surface area contributed by atoms with Gasteiger partial charge in [0.1, 0.15) is 6.54 Å². The van der Waals surface area contributed by atoms with Crippen molar-refractivity contribution in [2.45, 2.75) is 58.3 Å². The highest BCUT2D eigenvalue weighted by Crippen LogP contribution is 2.36. The highest BCUT2D eigenvalue weighted by Gasteiger charge is 2.42. The number of nitrogens with two attached hydrogens (primary N) is 1. The van der Waals surface area contributed by atoms with Gasteiger partial charge in [0, 0.05) is 6.04 Å². The van der Waals surface area contributed by atoms with E-state index in [1.807, 2.05) is 6.92 Å². The fourth-order valence-electron chi connectivity index (χ4n) is 2.14. The van der Waals surface area contributed by atoms with Gasteiger partial charge in [-0.1, -0.05) is 20.3 Å². The topological polar surface area (TPSA) is 46.3 Å². The first-order valence-electron chi connectivity index (χ1n) is 6.80. The summed E-state index contributed by atoms with van der Waals surface area (Å²) in [5.41, 5.74) is 5.79. The van der Waals surface area contributed by atoms with Crippen molar-refractivity contribution in [2.24, 2.45) is 17.6 Å². The van der Waals surface area contributed by atoms with E-state index in [4.69, 9.17) is 5.73 Å². The molecule has 6 heteroatoms. The van der Waals surface area contributed by atoms with E-state index in [9.17, 15) is 18.0 Å². The molecule has 0 aromatic carbocycles. The molecule has 3 nitrogen and oxygen atoms in total. The quantitative estimate of drug-likeness (QED) is 0.812. The fourth-order valence-corrected chi connectivity index (χ4v) is 2.14. The van der Waals surface area contributed by atoms with Gasteiger partial charge in [-0.2, -0.15) is 13.2 Å². The summed E-state index contributed by atoms with van der Waals surface area (Å²) in [4.78, 5) is 13.1. The Hall–Kier alpha value is -0.780. The van der Waals surface area contributed by atoms with Gasteiger partial charge in [0.2, 0.25) is 5.91 Å². The van der Waals surface area contributed by atoms with Crippen molar-refractivity contribution in [1.29, 1.82) is 0 Å². The van der Waals surface area contributed by atoms with E-state index in [1.54, 1.807) is 13.8 Å². The van der Waals surface area contributed by atoms with Crippen LogP contribution in [-0.2, 0) is 4.79 Å². The highest BCUT2D eigenvalue weighted by atomic mass is 19.4. The summed E-state index contributed by atoms with van der Waals surface area (Å²) in [5.74, 6) is -0.504. The highest BCUT2D eigenvalue weighted by molar-refractivity contribution is 5.82. The average Bonchev–Trinajstić information content (AvgIpc) is 3.15. The zero-order valence-electron chi connectivity index (χ0n) is 11.7. The maximum Gasteiger partial charge on any atom is 0.406 e. The maximum atomic E-state index is 12.6. The Balaban J connectivity index is 2.79. The molecule has 1 fully saturated rings. The van der Waals surface area contributed by atoms with Crippen molar-refractivity contribution in [3.8, 4) is 0 Å². The monoisotopic (exact) mass is 280 g/mol. The molecular weight excluding hydrogens is 257 g/mol. The minimum Gasteiger partial charge on any atom is -0.329 e. The molecule has 0 spiro atoms. The van der Waals surface area contributed by atoms with Crippen LogP contribution in [-0.4, -0.2) is 35.6 Å². The van der Waals surface area contributed by atoms with Crippen LogP contribution in [0.5, 0.6) is 0 Å². The van der Waals surface area contributed by atoms with Crippen molar-refractivity contribution in [3.63, 3.8) is 0 Å². The van der Waals surface area contributed by atoms with Gasteiger partial charge in [-0.3, -0.25) is 4.79 Å². The summed E-state index contributed by atoms with van der Waals surface area (Å²) in [6.07, 6.45) is -1.93. The Labute approximate surface area is 112 Å². The zero-order chi connectivity index (χ0) is 14.8. The molecule has 112 valence electrons. The second-order valence-corrected chi connectivity index (χ2v) is 5.57. The summed E-state index contributed by atoms with van der Waals surface area (Å²) in [6, 6.07) is -1.24. The maximum absolute atomic E-state index is 12.6. The van der Waals surface area contributed by atoms with Gasteiger partial charge in [-0.15, -0.1) is 0 Å². The number of nitrogens with zero attached hydrogens (tertiary/aromatic N) is 1. The molecule has 1 aliphatic carbocycles. The van der Waals surface area contributed by atoms with Crippen LogP contribution in [0.1, 0.15) is 40.0 Å². The molecule has 0 bridgehead atoms. The Kier molecular flexibility index (Phi) is 5.24. The molecule has 3 atom stereocenters. The molecule has 0 heterocycles. The van der Waals surface area contributed by atoms with E-state index < -0.39 is 24.7 Å². The van der Waals surface area contributed by atoms with E-state index >= 15 is 0 Å². The second-order valence-electron chi connectivity index (χ2n) is 5.57. The number of hydrogen-bond donors (Lipinski definition) is 1. The number of alkyl halides is 3. The third-order valence-electron chi connectivity index (χ3n) is 3.97. The Morgan fingerprint density at radius 1 is 1.37 bits per heavy atom. The molecular formula is C13H23F3N2O. The summed E-state index contributed by atoms with van der Waals surface area (Å²) in [6.45, 7) is 4.14. The number of amides is 1. The molecule has 1 aliphatic rings. The molecule has 0 saturated heterocycles. The number of carbonyl (C=O) groups excluding carboxylic acids is 1. The summed E-state index contributed by atoms with van der Waals surface area (Å²) in [5, 5.41) is 0. The minimum atomic E-state index is -4.38. The van der Waals surface area contributed by atoms with Crippen molar-refractivity contribution >= 4 is 5.91 Å². The number of carbonyl (C=O) groups is 1. The van der Waals surface area contributed by atoms with Gasteiger partial charge < -0.3 is 10.6 Å². The molecule has 0 radical (unpaired) electrons. The van der Waals surface area contributed by atoms with Gasteiger partial charge in [-0.25, -0.2) is 0 Å². The first-order chi connectivity index (χ1) is 8.67. The molecule has 0 aliphatic heterocycles. The number of hydrogen-bond acceptors (Lipinski definition) is 2. The van der Waals surface area contributed by atoms with Gasteiger partial charge >= 0.3 is 6.18 Å². The second kappa shape index (κ2) is 6.11. The SMILES string of the molecule is CCC(C)[C@H](N)C(=O)N(CC(F)(F)F)C(C)C1CC1. The lowest BCUT2D eigenvalue weighted by molar-refractivity contribution is -0.167. The first-order valence-corrected chi connectivity index (χ1v) is 6.80. The van der Waals surface area contributed by atoms with E-state index in [0.29, 0.717) is 6.42 Å².